The molecular formula is C44H72. The van der Waals surface area contributed by atoms with Crippen LogP contribution in [0.3, 0.4) is 0 Å². The maximum Gasteiger partial charge on any atom is -0.0130 e. The molecule has 0 N–H and O–H groups in total. The summed E-state index contributed by atoms with van der Waals surface area (Å²) in [5.74, 6) is 0. The molecule has 6 bridgehead atoms. The standard InChI is InChI=1S/C44H72/c1-25(2)29(9)26(3,4)32(12)31(25,11)35(15)36(32,16)40(20)39(35,19)43(23)41(21)37(17)33(13)27(5,6)30(29,10)28(7,8)34(33,14)38(37,18)42(41,22)44(40,43)24/h1-24H3. The highest BCUT2D eigenvalue weighted by Crippen LogP contribution is 3.27. The zero-order chi connectivity index (χ0) is 34.0. The lowest BCUT2D eigenvalue weighted by atomic mass is 8.82. The van der Waals surface area contributed by atoms with Gasteiger partial charge in [-0.3, -0.25) is 0 Å². The summed E-state index contributed by atoms with van der Waals surface area (Å²) in [6.45, 7) is 68.7. The lowest BCUT2D eigenvalue weighted by Crippen LogP contribution is -3.18. The van der Waals surface area contributed by atoms with E-state index in [4.69, 9.17) is 0 Å². The topological polar surface area (TPSA) is 0 Å². The van der Waals surface area contributed by atoms with E-state index in [0.29, 0.717) is 0 Å². The molecule has 0 aliphatic heterocycles. The molecule has 0 heteroatoms. The molecule has 0 nitrogen and oxygen atoms in total. The lowest BCUT2D eigenvalue weighted by molar-refractivity contribution is -0.756. The summed E-state index contributed by atoms with van der Waals surface area (Å²) >= 11 is 0. The lowest BCUT2D eigenvalue weighted by Gasteiger charge is -3.21. The van der Waals surface area contributed by atoms with E-state index in [-0.39, 0.29) is 108 Å². The van der Waals surface area contributed by atoms with E-state index in [1.54, 1.807) is 0 Å². The minimum absolute atomic E-state index is 0.100. The molecule has 10 aliphatic carbocycles. The molecule has 44 heavy (non-hydrogen) atoms. The molecule has 10 fully saturated rings. The summed E-state index contributed by atoms with van der Waals surface area (Å²) < 4.78 is 0. The van der Waals surface area contributed by atoms with E-state index in [9.17, 15) is 0 Å². The SMILES string of the molecule is CC1(C)C2(C)C(C)(C)C3(C)C1(C)C1(C)C3(C)C3(C)C1(C)C1(C)C4(C)C5(C)C6(C)C(C)(C)C2(C)C(C)(C)C6(C)C5(C)C4(C)C31C. The third-order valence-electron chi connectivity index (χ3n) is 30.0. The Labute approximate surface area is 273 Å². The third kappa shape index (κ3) is 1.11. The Morgan fingerprint density at radius 2 is 0.205 bits per heavy atom. The van der Waals surface area contributed by atoms with Gasteiger partial charge in [0.15, 0.2) is 0 Å². The van der Waals surface area contributed by atoms with Crippen LogP contribution in [0.5, 0.6) is 0 Å². The second-order valence-electron chi connectivity index (χ2n) is 24.5. The molecule has 0 radical (unpaired) electrons. The summed E-state index contributed by atoms with van der Waals surface area (Å²) in [6.07, 6.45) is 0. The van der Waals surface area contributed by atoms with E-state index >= 15 is 0 Å². The first-order chi connectivity index (χ1) is 19.0. The normalized spacial score (nSPS) is 80.2. The van der Waals surface area contributed by atoms with E-state index in [2.05, 4.69) is 166 Å². The van der Waals surface area contributed by atoms with Crippen LogP contribution in [-0.4, -0.2) is 0 Å². The van der Waals surface area contributed by atoms with Gasteiger partial charge in [0, 0.05) is 0 Å². The van der Waals surface area contributed by atoms with Crippen LogP contribution >= 0.6 is 0 Å². The number of rotatable bonds is 0. The summed E-state index contributed by atoms with van der Waals surface area (Å²) in [6, 6.07) is 0. The van der Waals surface area contributed by atoms with Crippen molar-refractivity contribution >= 4 is 0 Å². The molecule has 0 heterocycles. The summed E-state index contributed by atoms with van der Waals surface area (Å²) in [7, 11) is 0. The van der Waals surface area contributed by atoms with E-state index in [1.165, 1.54) is 0 Å². The van der Waals surface area contributed by atoms with Gasteiger partial charge in [-0.1, -0.05) is 166 Å². The highest BCUT2D eigenvalue weighted by molar-refractivity contribution is 5.70. The quantitative estimate of drug-likeness (QED) is 0.259. The van der Waals surface area contributed by atoms with Gasteiger partial charge in [-0.2, -0.15) is 0 Å². The van der Waals surface area contributed by atoms with Crippen molar-refractivity contribution < 1.29 is 0 Å². The Bertz CT molecular complexity index is 1410. The van der Waals surface area contributed by atoms with Gasteiger partial charge in [0.25, 0.3) is 0 Å². The van der Waals surface area contributed by atoms with Crippen LogP contribution in [-0.2, 0) is 0 Å². The van der Waals surface area contributed by atoms with Gasteiger partial charge in [0.2, 0.25) is 0 Å². The largest absolute Gasteiger partial charge is 0.0588 e. The van der Waals surface area contributed by atoms with E-state index in [0.717, 1.165) is 0 Å². The first-order valence-corrected chi connectivity index (χ1v) is 19.0. The zero-order valence-corrected chi connectivity index (χ0v) is 34.0. The fourth-order valence-corrected chi connectivity index (χ4v) is 27.7. The molecule has 0 aromatic carbocycles. The first kappa shape index (κ1) is 30.1. The van der Waals surface area contributed by atoms with Crippen LogP contribution in [0.1, 0.15) is 166 Å². The highest BCUT2D eigenvalue weighted by atomic mass is 15.3. The van der Waals surface area contributed by atoms with Crippen molar-refractivity contribution in [3.8, 4) is 0 Å². The minimum Gasteiger partial charge on any atom is -0.0588 e. The molecule has 12 atom stereocenters. The van der Waals surface area contributed by atoms with Crippen molar-refractivity contribution in [2.24, 2.45) is 108 Å². The van der Waals surface area contributed by atoms with E-state index < -0.39 is 0 Å². The molecule has 10 rings (SSSR count). The maximum absolute atomic E-state index is 2.89. The zero-order valence-electron chi connectivity index (χ0n) is 34.0. The Morgan fingerprint density at radius 3 is 0.318 bits per heavy atom. The van der Waals surface area contributed by atoms with Gasteiger partial charge in [0.1, 0.15) is 0 Å². The first-order valence-electron chi connectivity index (χ1n) is 19.0. The van der Waals surface area contributed by atoms with Crippen molar-refractivity contribution in [3.63, 3.8) is 0 Å². The number of hydrogen-bond donors (Lipinski definition) is 0. The Hall–Kier alpha value is 0. The van der Waals surface area contributed by atoms with Crippen LogP contribution in [0.4, 0.5) is 0 Å². The molecule has 0 aromatic heterocycles. The predicted molar refractivity (Wildman–Crippen MR) is 185 cm³/mol. The number of hydrogen-bond acceptors (Lipinski definition) is 0. The summed E-state index contributed by atoms with van der Waals surface area (Å²) in [5, 5.41) is 0. The average molecular weight is 601 g/mol. The van der Waals surface area contributed by atoms with Crippen molar-refractivity contribution in [1.29, 1.82) is 0 Å². The molecule has 248 valence electrons. The van der Waals surface area contributed by atoms with Gasteiger partial charge in [0.05, 0.1) is 0 Å². The van der Waals surface area contributed by atoms with Gasteiger partial charge in [-0.15, -0.1) is 0 Å². The predicted octanol–water partition coefficient (Wildman–Crippen LogP) is 12.3. The Kier molecular flexibility index (Phi) is 3.60. The fraction of sp³-hybridized carbons (Fsp3) is 1.00. The highest BCUT2D eigenvalue weighted by Gasteiger charge is 3.24. The second kappa shape index (κ2) is 5.27. The molecular weight excluding hydrogens is 528 g/mol. The van der Waals surface area contributed by atoms with Crippen LogP contribution < -0.4 is 0 Å². The molecule has 0 saturated heterocycles. The van der Waals surface area contributed by atoms with Crippen LogP contribution in [0.15, 0.2) is 0 Å². The van der Waals surface area contributed by atoms with Gasteiger partial charge in [-0.05, 0) is 108 Å². The van der Waals surface area contributed by atoms with Crippen molar-refractivity contribution in [1.82, 2.24) is 0 Å². The van der Waals surface area contributed by atoms with Crippen LogP contribution in [0, 0.1) is 108 Å². The Balaban J connectivity index is 1.61. The average Bonchev–Trinajstić information content (AvgIpc) is 3.05. The van der Waals surface area contributed by atoms with Gasteiger partial charge < -0.3 is 0 Å². The van der Waals surface area contributed by atoms with Crippen molar-refractivity contribution in [2.45, 2.75) is 166 Å². The molecule has 12 unspecified atom stereocenters. The molecule has 0 amide bonds. The molecule has 10 aliphatic rings. The Morgan fingerprint density at radius 1 is 0.114 bits per heavy atom. The molecule has 0 aromatic rings. The fourth-order valence-electron chi connectivity index (χ4n) is 27.7. The van der Waals surface area contributed by atoms with Crippen LogP contribution in [0.25, 0.3) is 0 Å². The molecule has 0 spiro atoms. The van der Waals surface area contributed by atoms with Crippen LogP contribution in [0.2, 0.25) is 0 Å². The smallest absolute Gasteiger partial charge is 0.0130 e. The summed E-state index contributed by atoms with van der Waals surface area (Å²) in [4.78, 5) is 0. The maximum atomic E-state index is 2.89. The summed E-state index contributed by atoms with van der Waals surface area (Å²) in [5.41, 5.74) is 4.35. The van der Waals surface area contributed by atoms with Gasteiger partial charge >= 0.3 is 0 Å². The minimum atomic E-state index is 0.100. The molecule has 10 saturated carbocycles. The van der Waals surface area contributed by atoms with Crippen molar-refractivity contribution in [3.05, 3.63) is 0 Å². The second-order valence-corrected chi connectivity index (χ2v) is 24.5. The van der Waals surface area contributed by atoms with Crippen molar-refractivity contribution in [2.75, 3.05) is 0 Å². The monoisotopic (exact) mass is 601 g/mol. The van der Waals surface area contributed by atoms with Gasteiger partial charge in [-0.25, -0.2) is 0 Å². The van der Waals surface area contributed by atoms with E-state index in [1.807, 2.05) is 0 Å². The third-order valence-corrected chi connectivity index (χ3v) is 30.0.